The fourth-order valence-electron chi connectivity index (χ4n) is 0.613. The van der Waals surface area contributed by atoms with Gasteiger partial charge in [-0.05, 0) is 0 Å². The molecule has 0 aliphatic heterocycles. The monoisotopic (exact) mass is 127 g/mol. The minimum absolute atomic E-state index is 0.895. The van der Waals surface area contributed by atoms with Crippen molar-refractivity contribution in [3.63, 3.8) is 0 Å². The number of hydrogen-bond acceptors (Lipinski definition) is 2. The van der Waals surface area contributed by atoms with Crippen molar-refractivity contribution in [2.24, 2.45) is 10.1 Å². The molecular weight excluding hydrogens is 114 g/mol. The van der Waals surface area contributed by atoms with E-state index in [-0.39, 0.29) is 0 Å². The van der Waals surface area contributed by atoms with Gasteiger partial charge in [0.15, 0.2) is 0 Å². The maximum absolute atomic E-state index is 3.99. The van der Waals surface area contributed by atoms with Gasteiger partial charge in [-0.2, -0.15) is 5.10 Å². The van der Waals surface area contributed by atoms with Crippen molar-refractivity contribution in [2.75, 3.05) is 14.1 Å². The largest absolute Gasteiger partial charge is 0.274 e. The first-order valence-corrected chi connectivity index (χ1v) is 2.92. The minimum Gasteiger partial charge on any atom is -0.274 e. The zero-order valence-corrected chi connectivity index (χ0v) is 6.26. The van der Waals surface area contributed by atoms with E-state index in [1.165, 1.54) is 0 Å². The van der Waals surface area contributed by atoms with Crippen LogP contribution >= 0.6 is 0 Å². The van der Waals surface area contributed by atoms with Crippen LogP contribution in [-0.2, 0) is 0 Å². The van der Waals surface area contributed by atoms with Crippen LogP contribution in [-0.4, -0.2) is 31.7 Å². The molecule has 0 aromatic carbocycles. The lowest BCUT2D eigenvalue weighted by Crippen LogP contribution is -2.19. The molecule has 0 saturated heterocycles. The van der Waals surface area contributed by atoms with Crippen LogP contribution in [0.15, 0.2) is 10.1 Å². The van der Waals surface area contributed by atoms with Gasteiger partial charge in [-0.25, -0.2) is 0 Å². The molecule has 0 atom stereocenters. The van der Waals surface area contributed by atoms with E-state index in [0.29, 0.717) is 0 Å². The number of hydrazone groups is 1. The van der Waals surface area contributed by atoms with Crippen molar-refractivity contribution in [1.29, 1.82) is 0 Å². The van der Waals surface area contributed by atoms with Gasteiger partial charge in [-0.15, -0.1) is 0 Å². The second kappa shape index (κ2) is 4.06. The SMILES string of the molecule is C=NN(C)C(CC)=NC. The summed E-state index contributed by atoms with van der Waals surface area (Å²) in [5.41, 5.74) is 0. The smallest absolute Gasteiger partial charge is 0.119 e. The maximum Gasteiger partial charge on any atom is 0.119 e. The molecule has 0 unspecified atom stereocenters. The van der Waals surface area contributed by atoms with Crippen LogP contribution < -0.4 is 0 Å². The Hall–Kier alpha value is -0.860. The second-order valence-corrected chi connectivity index (χ2v) is 1.66. The molecule has 3 heteroatoms. The van der Waals surface area contributed by atoms with Gasteiger partial charge < -0.3 is 0 Å². The molecule has 0 radical (unpaired) electrons. The molecule has 0 amide bonds. The van der Waals surface area contributed by atoms with Crippen LogP contribution in [0.4, 0.5) is 0 Å². The topological polar surface area (TPSA) is 28.0 Å². The van der Waals surface area contributed by atoms with Gasteiger partial charge in [0.25, 0.3) is 0 Å². The first-order valence-electron chi connectivity index (χ1n) is 2.92. The summed E-state index contributed by atoms with van der Waals surface area (Å²) in [6, 6.07) is 0. The van der Waals surface area contributed by atoms with Gasteiger partial charge in [0.2, 0.25) is 0 Å². The number of rotatable bonds is 2. The Labute approximate surface area is 56.1 Å². The average molecular weight is 127 g/mol. The van der Waals surface area contributed by atoms with E-state index >= 15 is 0 Å². The molecule has 0 fully saturated rings. The zero-order valence-electron chi connectivity index (χ0n) is 6.26. The maximum atomic E-state index is 3.99. The standard InChI is InChI=1S/C6H13N3/c1-5-6(7-2)9(4)8-3/h3,5H2,1-2,4H3. The highest BCUT2D eigenvalue weighted by molar-refractivity contribution is 5.81. The highest BCUT2D eigenvalue weighted by atomic mass is 15.4. The molecule has 0 aromatic heterocycles. The first-order chi connectivity index (χ1) is 4.26. The third-order valence-corrected chi connectivity index (χ3v) is 1.16. The predicted molar refractivity (Wildman–Crippen MR) is 41.0 cm³/mol. The van der Waals surface area contributed by atoms with Gasteiger partial charge in [0.05, 0.1) is 0 Å². The van der Waals surface area contributed by atoms with Crippen molar-refractivity contribution >= 4 is 12.6 Å². The minimum atomic E-state index is 0.895. The molecule has 0 bridgehead atoms. The van der Waals surface area contributed by atoms with E-state index in [2.05, 4.69) is 16.8 Å². The Bertz CT molecular complexity index is 117. The van der Waals surface area contributed by atoms with Crippen molar-refractivity contribution in [3.8, 4) is 0 Å². The van der Waals surface area contributed by atoms with Crippen molar-refractivity contribution in [3.05, 3.63) is 0 Å². The molecule has 0 heterocycles. The van der Waals surface area contributed by atoms with E-state index in [4.69, 9.17) is 0 Å². The number of nitrogens with zero attached hydrogens (tertiary/aromatic N) is 3. The van der Waals surface area contributed by atoms with Gasteiger partial charge in [-0.1, -0.05) is 6.92 Å². The highest BCUT2D eigenvalue weighted by Crippen LogP contribution is 1.90. The van der Waals surface area contributed by atoms with E-state index in [1.807, 2.05) is 14.0 Å². The first kappa shape index (κ1) is 8.14. The molecule has 0 aromatic rings. The number of hydrogen-bond donors (Lipinski definition) is 0. The van der Waals surface area contributed by atoms with E-state index in [0.717, 1.165) is 12.3 Å². The Morgan fingerprint density at radius 2 is 2.22 bits per heavy atom. The lowest BCUT2D eigenvalue weighted by atomic mass is 10.4. The fraction of sp³-hybridized carbons (Fsp3) is 0.667. The highest BCUT2D eigenvalue weighted by Gasteiger charge is 1.96. The number of amidine groups is 1. The van der Waals surface area contributed by atoms with Gasteiger partial charge in [0, 0.05) is 27.2 Å². The summed E-state index contributed by atoms with van der Waals surface area (Å²) in [5, 5.41) is 5.35. The third-order valence-electron chi connectivity index (χ3n) is 1.16. The average Bonchev–Trinajstić information content (AvgIpc) is 1.90. The van der Waals surface area contributed by atoms with Crippen LogP contribution in [0.3, 0.4) is 0 Å². The Morgan fingerprint density at radius 3 is 2.33 bits per heavy atom. The molecule has 9 heavy (non-hydrogen) atoms. The third kappa shape index (κ3) is 2.26. The molecule has 0 aliphatic rings. The summed E-state index contributed by atoms with van der Waals surface area (Å²) < 4.78 is 0. The summed E-state index contributed by atoms with van der Waals surface area (Å²) in [7, 11) is 3.58. The molecule has 0 saturated carbocycles. The van der Waals surface area contributed by atoms with Gasteiger partial charge in [-0.3, -0.25) is 10.0 Å². The lowest BCUT2D eigenvalue weighted by Gasteiger charge is -2.11. The van der Waals surface area contributed by atoms with Crippen molar-refractivity contribution in [1.82, 2.24) is 5.01 Å². The molecule has 3 nitrogen and oxygen atoms in total. The summed E-state index contributed by atoms with van der Waals surface area (Å²) in [4.78, 5) is 3.99. The molecule has 0 rings (SSSR count). The van der Waals surface area contributed by atoms with Gasteiger partial charge >= 0.3 is 0 Å². The molecular formula is C6H13N3. The molecule has 0 N–H and O–H groups in total. The molecule has 52 valence electrons. The predicted octanol–water partition coefficient (Wildman–Crippen LogP) is 0.972. The van der Waals surface area contributed by atoms with Crippen LogP contribution in [0.25, 0.3) is 0 Å². The fourth-order valence-corrected chi connectivity index (χ4v) is 0.613. The summed E-state index contributed by atoms with van der Waals surface area (Å²) >= 11 is 0. The van der Waals surface area contributed by atoms with E-state index < -0.39 is 0 Å². The molecule has 0 aliphatic carbocycles. The number of aliphatic imine (C=N–C) groups is 1. The second-order valence-electron chi connectivity index (χ2n) is 1.66. The van der Waals surface area contributed by atoms with E-state index in [9.17, 15) is 0 Å². The van der Waals surface area contributed by atoms with Gasteiger partial charge in [0.1, 0.15) is 5.84 Å². The van der Waals surface area contributed by atoms with Crippen LogP contribution in [0.1, 0.15) is 13.3 Å². The normalized spacial score (nSPS) is 11.2. The Morgan fingerprint density at radius 1 is 1.67 bits per heavy atom. The summed E-state index contributed by atoms with van der Waals surface area (Å²) in [6.07, 6.45) is 0.895. The van der Waals surface area contributed by atoms with Crippen LogP contribution in [0.5, 0.6) is 0 Å². The molecule has 0 spiro atoms. The van der Waals surface area contributed by atoms with Crippen LogP contribution in [0.2, 0.25) is 0 Å². The zero-order chi connectivity index (χ0) is 7.28. The van der Waals surface area contributed by atoms with E-state index in [1.54, 1.807) is 12.1 Å². The lowest BCUT2D eigenvalue weighted by molar-refractivity contribution is 0.536. The quantitative estimate of drug-likeness (QED) is 0.308. The van der Waals surface area contributed by atoms with Crippen LogP contribution in [0, 0.1) is 0 Å². The summed E-state index contributed by atoms with van der Waals surface area (Å²) in [6.45, 7) is 5.40. The Balaban J connectivity index is 3.95. The summed E-state index contributed by atoms with van der Waals surface area (Å²) in [5.74, 6) is 0.949. The Kier molecular flexibility index (Phi) is 3.67. The van der Waals surface area contributed by atoms with Crippen molar-refractivity contribution in [2.45, 2.75) is 13.3 Å². The van der Waals surface area contributed by atoms with Crippen molar-refractivity contribution < 1.29 is 0 Å².